The number of aliphatic hydroxyl groups excluding tert-OH is 1. The molecule has 0 aromatic carbocycles. The highest BCUT2D eigenvalue weighted by atomic mass is 16.7. The summed E-state index contributed by atoms with van der Waals surface area (Å²) in [4.78, 5) is 34.6. The lowest BCUT2D eigenvalue weighted by atomic mass is 9.69. The van der Waals surface area contributed by atoms with Gasteiger partial charge in [-0.3, -0.25) is 14.5 Å². The lowest BCUT2D eigenvalue weighted by Crippen LogP contribution is -2.55. The molecule has 3 fully saturated rings. The molecule has 3 rings (SSSR count). The van der Waals surface area contributed by atoms with Crippen LogP contribution in [0.15, 0.2) is 12.3 Å². The largest absolute Gasteiger partial charge is 0.467 e. The minimum Gasteiger partial charge on any atom is -0.467 e. The van der Waals surface area contributed by atoms with Crippen LogP contribution in [0.3, 0.4) is 0 Å². The first-order chi connectivity index (χ1) is 19.4. The molecule has 3 heterocycles. The Morgan fingerprint density at radius 3 is 2.19 bits per heavy atom. The van der Waals surface area contributed by atoms with Crippen molar-refractivity contribution in [3.63, 3.8) is 0 Å². The normalized spacial score (nSPS) is 38.3. The van der Waals surface area contributed by atoms with Crippen LogP contribution < -0.4 is 0 Å². The van der Waals surface area contributed by atoms with Crippen molar-refractivity contribution < 1.29 is 28.9 Å². The highest BCUT2D eigenvalue weighted by Gasteiger charge is 2.50. The Hall–Kier alpha value is -1.52. The number of likely N-dealkylation sites (N-methyl/N-ethyl adjacent to an activating group) is 2. The first kappa shape index (κ1) is 35.0. The summed E-state index contributed by atoms with van der Waals surface area (Å²) in [5, 5.41) is 11.2. The second kappa shape index (κ2) is 13.6. The number of ether oxygens (including phenoxy) is 3. The highest BCUT2D eigenvalue weighted by Crippen LogP contribution is 2.42. The average molecular weight is 594 g/mol. The van der Waals surface area contributed by atoms with Gasteiger partial charge in [-0.05, 0) is 98.6 Å². The summed E-state index contributed by atoms with van der Waals surface area (Å²) in [6.07, 6.45) is 0.491. The number of nitrogens with zero attached hydrogens (tertiary/aromatic N) is 3. The number of ketones is 1. The summed E-state index contributed by atoms with van der Waals surface area (Å²) in [5.74, 6) is -0.184. The van der Waals surface area contributed by atoms with Gasteiger partial charge in [-0.25, -0.2) is 0 Å². The predicted molar refractivity (Wildman–Crippen MR) is 165 cm³/mol. The first-order valence-corrected chi connectivity index (χ1v) is 15.8. The smallest absolute Gasteiger partial charge is 0.319 e. The Balaban J connectivity index is 1.98. The summed E-state index contributed by atoms with van der Waals surface area (Å²) in [5.41, 5.74) is -1.85. The SMILES string of the molecule is C=C1C[C@H](N(C)C)[C@@H](O)[C@H](O[C@@H]2[C@@H](C)C(=O)C(C)(C)C(=O)O[C@@H](C)[C@@H](C3CCN(C)CC3)N(C)C[C@H](C)CC2(C)C)O1. The van der Waals surface area contributed by atoms with Crippen molar-refractivity contribution in [2.24, 2.45) is 28.6 Å². The number of cyclic esters (lactones) is 1. The van der Waals surface area contributed by atoms with Crippen LogP contribution in [0, 0.1) is 28.6 Å². The van der Waals surface area contributed by atoms with Crippen LogP contribution in [0.25, 0.3) is 0 Å². The second-order valence-corrected chi connectivity index (χ2v) is 15.1. The standard InChI is InChI=1S/C33H59N3O6/c1-20-18-32(5,6)29(42-30-27(37)25(34(9)10)17-21(2)40-30)22(3)28(38)33(7,8)31(39)41-23(4)26(36(12)19-20)24-13-15-35(11)16-14-24/h20,22-27,29-30,37H,2,13-19H2,1,3-12H3/t20-,22+,23+,25+,26+,27-,29-,30+/m1/s1. The lowest BCUT2D eigenvalue weighted by Gasteiger charge is -2.46. The van der Waals surface area contributed by atoms with Crippen LogP contribution in [0.1, 0.15) is 74.1 Å². The van der Waals surface area contributed by atoms with E-state index in [4.69, 9.17) is 14.2 Å². The van der Waals surface area contributed by atoms with E-state index in [1.807, 2.05) is 32.8 Å². The number of carbonyl (C=O) groups excluding carboxylic acids is 2. The average Bonchev–Trinajstić information content (AvgIpc) is 2.88. The van der Waals surface area contributed by atoms with Gasteiger partial charge in [-0.1, -0.05) is 34.3 Å². The second-order valence-electron chi connectivity index (χ2n) is 15.1. The quantitative estimate of drug-likeness (QED) is 0.386. The molecule has 0 bridgehead atoms. The molecule has 0 amide bonds. The molecule has 0 saturated carbocycles. The fourth-order valence-electron chi connectivity index (χ4n) is 7.89. The molecule has 42 heavy (non-hydrogen) atoms. The molecule has 9 nitrogen and oxygen atoms in total. The van der Waals surface area contributed by atoms with Crippen molar-refractivity contribution in [2.75, 3.05) is 47.8 Å². The van der Waals surface area contributed by atoms with Crippen molar-refractivity contribution in [1.82, 2.24) is 14.7 Å². The summed E-state index contributed by atoms with van der Waals surface area (Å²) in [6.45, 7) is 20.5. The zero-order valence-electron chi connectivity index (χ0n) is 28.2. The van der Waals surface area contributed by atoms with E-state index in [2.05, 4.69) is 51.2 Å². The molecule has 1 N–H and O–H groups in total. The molecule has 3 saturated heterocycles. The maximum Gasteiger partial charge on any atom is 0.319 e. The number of rotatable bonds is 4. The third-order valence-corrected chi connectivity index (χ3v) is 10.1. The van der Waals surface area contributed by atoms with Gasteiger partial charge >= 0.3 is 5.97 Å². The third-order valence-electron chi connectivity index (χ3n) is 10.1. The van der Waals surface area contributed by atoms with Gasteiger partial charge in [0, 0.05) is 31.0 Å². The molecule has 9 heteroatoms. The van der Waals surface area contributed by atoms with E-state index in [1.54, 1.807) is 13.8 Å². The van der Waals surface area contributed by atoms with Crippen molar-refractivity contribution >= 4 is 11.8 Å². The summed E-state index contributed by atoms with van der Waals surface area (Å²) in [6, 6.07) is -0.166. The van der Waals surface area contributed by atoms with Gasteiger partial charge in [0.05, 0.1) is 11.9 Å². The van der Waals surface area contributed by atoms with Gasteiger partial charge in [0.2, 0.25) is 6.29 Å². The topological polar surface area (TPSA) is 91.8 Å². The third kappa shape index (κ3) is 7.76. The Morgan fingerprint density at radius 2 is 1.62 bits per heavy atom. The number of piperidine rings is 1. The van der Waals surface area contributed by atoms with Gasteiger partial charge in [-0.2, -0.15) is 0 Å². The Kier molecular flexibility index (Phi) is 11.4. The summed E-state index contributed by atoms with van der Waals surface area (Å²) >= 11 is 0. The summed E-state index contributed by atoms with van der Waals surface area (Å²) < 4.78 is 18.8. The molecule has 0 aliphatic carbocycles. The van der Waals surface area contributed by atoms with Crippen LogP contribution in [-0.2, 0) is 23.8 Å². The Bertz CT molecular complexity index is 959. The molecule has 3 aliphatic rings. The number of carbonyl (C=O) groups is 2. The number of hydrogen-bond donors (Lipinski definition) is 1. The number of likely N-dealkylation sites (tertiary alicyclic amines) is 1. The number of Topliss-reactive ketones (excluding diaryl/α,β-unsaturated/α-hetero) is 1. The lowest BCUT2D eigenvalue weighted by molar-refractivity contribution is -0.252. The molecule has 0 unspecified atom stereocenters. The van der Waals surface area contributed by atoms with E-state index in [0.717, 1.165) is 38.9 Å². The minimum atomic E-state index is -1.37. The molecule has 0 spiro atoms. The fourth-order valence-corrected chi connectivity index (χ4v) is 7.89. The van der Waals surface area contributed by atoms with Crippen molar-refractivity contribution in [1.29, 1.82) is 0 Å². The van der Waals surface area contributed by atoms with E-state index < -0.39 is 41.2 Å². The Labute approximate surface area is 254 Å². The van der Waals surface area contributed by atoms with Gasteiger partial charge in [0.1, 0.15) is 17.6 Å². The van der Waals surface area contributed by atoms with Crippen LogP contribution in [0.5, 0.6) is 0 Å². The van der Waals surface area contributed by atoms with E-state index in [-0.39, 0.29) is 29.9 Å². The molecule has 0 aromatic rings. The summed E-state index contributed by atoms with van der Waals surface area (Å²) in [7, 11) is 8.11. The maximum atomic E-state index is 14.2. The molecule has 0 aromatic heterocycles. The molecule has 3 aliphatic heterocycles. The van der Waals surface area contributed by atoms with Crippen LogP contribution in [0.4, 0.5) is 0 Å². The van der Waals surface area contributed by atoms with Crippen LogP contribution in [-0.4, -0.2) is 116 Å². The number of aliphatic hydroxyl groups is 1. The minimum absolute atomic E-state index is 0.0594. The fraction of sp³-hybridized carbons (Fsp3) is 0.879. The van der Waals surface area contributed by atoms with Gasteiger partial charge in [-0.15, -0.1) is 0 Å². The van der Waals surface area contributed by atoms with E-state index in [0.29, 0.717) is 18.1 Å². The highest BCUT2D eigenvalue weighted by molar-refractivity contribution is 6.04. The molecule has 0 radical (unpaired) electrons. The van der Waals surface area contributed by atoms with Crippen molar-refractivity contribution in [3.05, 3.63) is 12.3 Å². The van der Waals surface area contributed by atoms with Crippen LogP contribution >= 0.6 is 0 Å². The van der Waals surface area contributed by atoms with Gasteiger partial charge in [0.15, 0.2) is 5.78 Å². The maximum absolute atomic E-state index is 14.2. The van der Waals surface area contributed by atoms with Crippen molar-refractivity contribution in [3.8, 4) is 0 Å². The van der Waals surface area contributed by atoms with Crippen molar-refractivity contribution in [2.45, 2.75) is 111 Å². The van der Waals surface area contributed by atoms with Gasteiger partial charge < -0.3 is 29.1 Å². The molecule has 242 valence electrons. The number of hydrogen-bond acceptors (Lipinski definition) is 9. The van der Waals surface area contributed by atoms with Gasteiger partial charge in [0.25, 0.3) is 0 Å². The van der Waals surface area contributed by atoms with E-state index in [9.17, 15) is 14.7 Å². The number of esters is 1. The van der Waals surface area contributed by atoms with Crippen LogP contribution in [0.2, 0.25) is 0 Å². The molecule has 8 atom stereocenters. The first-order valence-electron chi connectivity index (χ1n) is 15.8. The Morgan fingerprint density at radius 1 is 1.02 bits per heavy atom. The predicted octanol–water partition coefficient (Wildman–Crippen LogP) is 3.79. The van der Waals surface area contributed by atoms with E-state index in [1.165, 1.54) is 0 Å². The zero-order chi connectivity index (χ0) is 31.7. The molecular formula is C33H59N3O6. The monoisotopic (exact) mass is 593 g/mol. The zero-order valence-corrected chi connectivity index (χ0v) is 28.2. The van der Waals surface area contributed by atoms with E-state index >= 15 is 0 Å². The molecular weight excluding hydrogens is 534 g/mol.